The van der Waals surface area contributed by atoms with Gasteiger partial charge in [-0.3, -0.25) is 0 Å². The number of aryl methyl sites for hydroxylation is 2. The second kappa shape index (κ2) is 5.53. The second-order valence-electron chi connectivity index (χ2n) is 5.97. The van der Waals surface area contributed by atoms with Crippen LogP contribution in [0.2, 0.25) is 0 Å². The van der Waals surface area contributed by atoms with Gasteiger partial charge >= 0.3 is 0 Å². The molecule has 0 saturated heterocycles. The van der Waals surface area contributed by atoms with E-state index >= 15 is 0 Å². The molecule has 4 aromatic heterocycles. The number of hydrogen-bond acceptors (Lipinski definition) is 4. The average Bonchev–Trinajstić information content (AvgIpc) is 3.29. The van der Waals surface area contributed by atoms with Gasteiger partial charge < -0.3 is 0 Å². The maximum Gasteiger partial charge on any atom is 0.0455 e. The van der Waals surface area contributed by atoms with E-state index in [2.05, 4.69) is 62.4 Å². The van der Waals surface area contributed by atoms with Crippen molar-refractivity contribution in [2.24, 2.45) is 0 Å². The van der Waals surface area contributed by atoms with Gasteiger partial charge in [0.25, 0.3) is 0 Å². The maximum absolute atomic E-state index is 2.37. The lowest BCUT2D eigenvalue weighted by atomic mass is 10.2. The number of fused-ring (bicyclic) bond motifs is 2. The van der Waals surface area contributed by atoms with Crippen molar-refractivity contribution in [1.29, 1.82) is 0 Å². The summed E-state index contributed by atoms with van der Waals surface area (Å²) in [5.74, 6) is 0. The Labute approximate surface area is 156 Å². The van der Waals surface area contributed by atoms with Gasteiger partial charge in [-0.25, -0.2) is 0 Å². The molecule has 0 unspecified atom stereocenters. The van der Waals surface area contributed by atoms with Crippen LogP contribution in [0.1, 0.15) is 9.75 Å². The Morgan fingerprint density at radius 2 is 1.00 bits per heavy atom. The molecule has 0 bridgehead atoms. The van der Waals surface area contributed by atoms with Crippen molar-refractivity contribution < 1.29 is 0 Å². The van der Waals surface area contributed by atoms with Gasteiger partial charge in [-0.05, 0) is 73.2 Å². The normalized spacial score (nSPS) is 11.8. The predicted molar refractivity (Wildman–Crippen MR) is 113 cm³/mol. The van der Waals surface area contributed by atoms with E-state index in [1.807, 2.05) is 45.3 Å². The monoisotopic (exact) mass is 382 g/mol. The van der Waals surface area contributed by atoms with Gasteiger partial charge in [0.2, 0.25) is 0 Å². The van der Waals surface area contributed by atoms with Crippen molar-refractivity contribution in [1.82, 2.24) is 0 Å². The SMILES string of the molecule is Cc1ccc(-c2cc3cc4cc(-c5ccc(C)s5)sc4cc3s2)s1. The van der Waals surface area contributed by atoms with Crippen molar-refractivity contribution in [2.75, 3.05) is 0 Å². The quantitative estimate of drug-likeness (QED) is 0.289. The van der Waals surface area contributed by atoms with Crippen molar-refractivity contribution in [2.45, 2.75) is 13.8 Å². The fraction of sp³-hybridized carbons (Fsp3) is 0.100. The van der Waals surface area contributed by atoms with E-state index in [0.29, 0.717) is 0 Å². The standard InChI is InChI=1S/C20H14S4/c1-11-3-5-15(21-11)19-8-13-7-14-9-20(16-6-4-12(2)22-16)24-18(14)10-17(13)23-19/h3-10H,1-2H3. The Morgan fingerprint density at radius 3 is 1.42 bits per heavy atom. The molecule has 0 amide bonds. The largest absolute Gasteiger partial charge is 0.140 e. The van der Waals surface area contributed by atoms with Crippen LogP contribution in [-0.2, 0) is 0 Å². The molecule has 1 aromatic carbocycles. The summed E-state index contributed by atoms with van der Waals surface area (Å²) in [5.41, 5.74) is 0. The number of thiophene rings is 4. The Balaban J connectivity index is 1.64. The van der Waals surface area contributed by atoms with E-state index in [4.69, 9.17) is 0 Å². The van der Waals surface area contributed by atoms with Crippen LogP contribution >= 0.6 is 45.3 Å². The van der Waals surface area contributed by atoms with Gasteiger partial charge in [0.1, 0.15) is 0 Å². The van der Waals surface area contributed by atoms with Crippen molar-refractivity contribution >= 4 is 65.5 Å². The van der Waals surface area contributed by atoms with Crippen LogP contribution in [0.4, 0.5) is 0 Å². The van der Waals surface area contributed by atoms with Crippen LogP contribution in [0.25, 0.3) is 39.7 Å². The molecule has 0 aliphatic heterocycles. The minimum atomic E-state index is 1.36. The molecule has 4 heterocycles. The van der Waals surface area contributed by atoms with E-state index in [1.165, 1.54) is 49.4 Å². The summed E-state index contributed by atoms with van der Waals surface area (Å²) in [6, 6.07) is 18.3. The summed E-state index contributed by atoms with van der Waals surface area (Å²) in [4.78, 5) is 8.28. The molecule has 24 heavy (non-hydrogen) atoms. The Hall–Kier alpha value is -1.46. The number of hydrogen-bond donors (Lipinski definition) is 0. The highest BCUT2D eigenvalue weighted by atomic mass is 32.1. The number of benzene rings is 1. The molecular formula is C20H14S4. The third kappa shape index (κ3) is 2.45. The van der Waals surface area contributed by atoms with Gasteiger partial charge in [0.05, 0.1) is 0 Å². The Morgan fingerprint density at radius 1 is 0.500 bits per heavy atom. The lowest BCUT2D eigenvalue weighted by Crippen LogP contribution is -1.63. The molecule has 0 N–H and O–H groups in total. The molecule has 0 nitrogen and oxygen atoms in total. The third-order valence-electron chi connectivity index (χ3n) is 4.12. The van der Waals surface area contributed by atoms with Crippen LogP contribution in [0.3, 0.4) is 0 Å². The molecule has 4 heteroatoms. The van der Waals surface area contributed by atoms with Crippen molar-refractivity contribution in [3.05, 3.63) is 58.3 Å². The molecule has 0 saturated carbocycles. The summed E-state index contributed by atoms with van der Waals surface area (Å²) in [6.45, 7) is 4.34. The Bertz CT molecular complexity index is 1040. The van der Waals surface area contributed by atoms with Gasteiger partial charge in [0.15, 0.2) is 0 Å². The van der Waals surface area contributed by atoms with Crippen molar-refractivity contribution in [3.63, 3.8) is 0 Å². The maximum atomic E-state index is 2.37. The third-order valence-corrected chi connectivity index (χ3v) is 8.71. The van der Waals surface area contributed by atoms with Gasteiger partial charge in [0, 0.05) is 38.7 Å². The van der Waals surface area contributed by atoms with Crippen LogP contribution < -0.4 is 0 Å². The van der Waals surface area contributed by atoms with E-state index in [9.17, 15) is 0 Å². The minimum Gasteiger partial charge on any atom is -0.140 e. The lowest BCUT2D eigenvalue weighted by molar-refractivity contribution is 1.64. The number of rotatable bonds is 2. The first-order chi connectivity index (χ1) is 11.7. The zero-order chi connectivity index (χ0) is 16.3. The van der Waals surface area contributed by atoms with Gasteiger partial charge in [-0.15, -0.1) is 45.3 Å². The fourth-order valence-electron chi connectivity index (χ4n) is 2.95. The Kier molecular flexibility index (Phi) is 3.42. The summed E-state index contributed by atoms with van der Waals surface area (Å²) in [6.07, 6.45) is 0. The van der Waals surface area contributed by atoms with Gasteiger partial charge in [-0.1, -0.05) is 0 Å². The summed E-state index contributed by atoms with van der Waals surface area (Å²) in [5, 5.41) is 2.72. The van der Waals surface area contributed by atoms with E-state index < -0.39 is 0 Å². The highest BCUT2D eigenvalue weighted by Crippen LogP contribution is 2.42. The van der Waals surface area contributed by atoms with E-state index in [-0.39, 0.29) is 0 Å². The first-order valence-electron chi connectivity index (χ1n) is 7.76. The summed E-state index contributed by atoms with van der Waals surface area (Å²) < 4.78 is 2.78. The first kappa shape index (κ1) is 14.8. The van der Waals surface area contributed by atoms with E-state index in [1.54, 1.807) is 0 Å². The molecule has 5 aromatic rings. The predicted octanol–water partition coefficient (Wildman–Crippen LogP) is 8.19. The average molecular weight is 383 g/mol. The topological polar surface area (TPSA) is 0 Å². The second-order valence-corrected chi connectivity index (χ2v) is 10.7. The first-order valence-corrected chi connectivity index (χ1v) is 11.0. The van der Waals surface area contributed by atoms with Crippen LogP contribution in [0.15, 0.2) is 48.5 Å². The molecule has 0 fully saturated rings. The molecule has 0 aliphatic carbocycles. The molecule has 5 rings (SSSR count). The highest BCUT2D eigenvalue weighted by molar-refractivity contribution is 7.28. The lowest BCUT2D eigenvalue weighted by Gasteiger charge is -1.89. The fourth-order valence-corrected chi connectivity index (χ4v) is 7.09. The zero-order valence-electron chi connectivity index (χ0n) is 13.3. The molecule has 0 atom stereocenters. The molecule has 118 valence electrons. The van der Waals surface area contributed by atoms with Crippen LogP contribution in [0, 0.1) is 13.8 Å². The van der Waals surface area contributed by atoms with Gasteiger partial charge in [-0.2, -0.15) is 0 Å². The molecule has 0 aliphatic rings. The summed E-state index contributed by atoms with van der Waals surface area (Å²) >= 11 is 7.57. The van der Waals surface area contributed by atoms with E-state index in [0.717, 1.165) is 0 Å². The highest BCUT2D eigenvalue weighted by Gasteiger charge is 2.11. The molecular weight excluding hydrogens is 368 g/mol. The smallest absolute Gasteiger partial charge is 0.0455 e. The molecule has 0 spiro atoms. The van der Waals surface area contributed by atoms with Crippen molar-refractivity contribution in [3.8, 4) is 19.5 Å². The van der Waals surface area contributed by atoms with Crippen LogP contribution in [-0.4, -0.2) is 0 Å². The minimum absolute atomic E-state index is 1.36. The molecule has 0 radical (unpaired) electrons. The van der Waals surface area contributed by atoms with Crippen LogP contribution in [0.5, 0.6) is 0 Å². The zero-order valence-corrected chi connectivity index (χ0v) is 16.5. The summed E-state index contributed by atoms with van der Waals surface area (Å²) in [7, 11) is 0.